The monoisotopic (exact) mass is 226 g/mol. The summed E-state index contributed by atoms with van der Waals surface area (Å²) in [6.45, 7) is 8.21. The molecule has 92 valence electrons. The molecule has 0 aliphatic rings. The van der Waals surface area contributed by atoms with Gasteiger partial charge >= 0.3 is 6.18 Å². The van der Waals surface area contributed by atoms with Gasteiger partial charge in [-0.25, -0.2) is 0 Å². The molecule has 0 radical (unpaired) electrons. The number of hydrogen-bond donors (Lipinski definition) is 1. The molecule has 1 N–H and O–H groups in total. The zero-order valence-corrected chi connectivity index (χ0v) is 10.3. The van der Waals surface area contributed by atoms with E-state index in [1.54, 1.807) is 0 Å². The fourth-order valence-corrected chi connectivity index (χ4v) is 2.54. The van der Waals surface area contributed by atoms with Crippen LogP contribution in [0.15, 0.2) is 0 Å². The van der Waals surface area contributed by atoms with E-state index >= 15 is 0 Å². The van der Waals surface area contributed by atoms with Crippen LogP contribution in [-0.2, 0) is 0 Å². The fraction of sp³-hybridized carbons (Fsp3) is 1.00. The van der Waals surface area contributed by atoms with Crippen molar-refractivity contribution in [3.05, 3.63) is 0 Å². The predicted molar refractivity (Wildman–Crippen MR) is 54.5 cm³/mol. The van der Waals surface area contributed by atoms with Crippen LogP contribution in [0.25, 0.3) is 0 Å². The summed E-state index contributed by atoms with van der Waals surface area (Å²) in [7, 11) is 0. The van der Waals surface area contributed by atoms with Gasteiger partial charge in [0.05, 0.1) is 12.0 Å². The smallest absolute Gasteiger partial charge is 0.395 e. The van der Waals surface area contributed by atoms with Crippen molar-refractivity contribution in [1.82, 2.24) is 0 Å². The van der Waals surface area contributed by atoms with Gasteiger partial charge in [-0.2, -0.15) is 13.2 Å². The Labute approximate surface area is 89.7 Å². The van der Waals surface area contributed by atoms with Crippen molar-refractivity contribution in [3.63, 3.8) is 0 Å². The van der Waals surface area contributed by atoms with Gasteiger partial charge in [-0.15, -0.1) is 0 Å². The normalized spacial score (nSPS) is 15.6. The van der Waals surface area contributed by atoms with Crippen LogP contribution >= 0.6 is 0 Å². The quantitative estimate of drug-likeness (QED) is 0.724. The maximum atomic E-state index is 13.2. The minimum absolute atomic E-state index is 0.885. The highest BCUT2D eigenvalue weighted by Crippen LogP contribution is 2.60. The van der Waals surface area contributed by atoms with E-state index in [0.29, 0.717) is 0 Å². The summed E-state index contributed by atoms with van der Waals surface area (Å²) in [5.74, 6) is 0. The predicted octanol–water partition coefficient (Wildman–Crippen LogP) is 3.62. The van der Waals surface area contributed by atoms with Crippen LogP contribution in [0.3, 0.4) is 0 Å². The second-order valence-electron chi connectivity index (χ2n) is 6.06. The Hall–Kier alpha value is -0.250. The summed E-state index contributed by atoms with van der Waals surface area (Å²) in [6, 6.07) is 0. The minimum Gasteiger partial charge on any atom is -0.395 e. The van der Waals surface area contributed by atoms with Crippen LogP contribution < -0.4 is 0 Å². The van der Waals surface area contributed by atoms with Crippen LogP contribution in [0.1, 0.15) is 41.5 Å². The molecule has 15 heavy (non-hydrogen) atoms. The number of aliphatic hydroxyl groups excluding tert-OH is 1. The summed E-state index contributed by atoms with van der Waals surface area (Å²) in [5, 5.41) is 9.26. The highest BCUT2D eigenvalue weighted by Gasteiger charge is 2.66. The topological polar surface area (TPSA) is 20.2 Å². The molecular weight excluding hydrogens is 205 g/mol. The lowest BCUT2D eigenvalue weighted by Crippen LogP contribution is -2.58. The molecule has 0 aromatic heterocycles. The molecule has 0 atom stereocenters. The number of hydrogen-bond acceptors (Lipinski definition) is 1. The van der Waals surface area contributed by atoms with Gasteiger partial charge < -0.3 is 5.11 Å². The molecule has 0 amide bonds. The molecule has 0 saturated carbocycles. The first-order chi connectivity index (χ1) is 6.31. The zero-order valence-electron chi connectivity index (χ0n) is 10.3. The summed E-state index contributed by atoms with van der Waals surface area (Å²) in [4.78, 5) is 0. The average molecular weight is 226 g/mol. The van der Waals surface area contributed by atoms with Gasteiger partial charge in [0.25, 0.3) is 0 Å². The second-order valence-corrected chi connectivity index (χ2v) is 6.06. The van der Waals surface area contributed by atoms with Gasteiger partial charge in [-0.05, 0) is 10.8 Å². The first-order valence-electron chi connectivity index (χ1n) is 4.99. The Morgan fingerprint density at radius 1 is 0.800 bits per heavy atom. The molecule has 0 bridgehead atoms. The molecular formula is C11H21F3O. The number of halogens is 3. The Morgan fingerprint density at radius 2 is 1.07 bits per heavy atom. The molecule has 0 heterocycles. The number of aliphatic hydroxyl groups is 1. The third kappa shape index (κ3) is 2.14. The van der Waals surface area contributed by atoms with Crippen molar-refractivity contribution in [2.75, 3.05) is 6.61 Å². The Morgan fingerprint density at radius 3 is 1.07 bits per heavy atom. The molecule has 0 aromatic rings. The standard InChI is InChI=1S/C11H21F3O/c1-8(2,3)10(7-15,9(4,5)6)11(12,13)14/h15H,7H2,1-6H3. The summed E-state index contributed by atoms with van der Waals surface area (Å²) < 4.78 is 39.6. The van der Waals surface area contributed by atoms with E-state index in [-0.39, 0.29) is 0 Å². The first kappa shape index (κ1) is 14.8. The lowest BCUT2D eigenvalue weighted by Gasteiger charge is -2.53. The second kappa shape index (κ2) is 3.65. The third-order valence-corrected chi connectivity index (χ3v) is 3.28. The van der Waals surface area contributed by atoms with Gasteiger partial charge in [0.2, 0.25) is 0 Å². The van der Waals surface area contributed by atoms with E-state index in [0.717, 1.165) is 0 Å². The van der Waals surface area contributed by atoms with Crippen molar-refractivity contribution < 1.29 is 18.3 Å². The van der Waals surface area contributed by atoms with Crippen LogP contribution in [0.4, 0.5) is 13.2 Å². The Kier molecular flexibility index (Phi) is 3.59. The molecule has 0 unspecified atom stereocenters. The molecule has 0 aromatic carbocycles. The lowest BCUT2D eigenvalue weighted by molar-refractivity contribution is -0.306. The molecule has 1 nitrogen and oxygen atoms in total. The van der Waals surface area contributed by atoms with Gasteiger partial charge in [0.1, 0.15) is 0 Å². The summed E-state index contributed by atoms with van der Waals surface area (Å²) in [5.41, 5.74) is -4.18. The van der Waals surface area contributed by atoms with Gasteiger partial charge in [-0.3, -0.25) is 0 Å². The Balaban J connectivity index is 5.78. The first-order valence-corrected chi connectivity index (χ1v) is 4.99. The summed E-state index contributed by atoms with van der Waals surface area (Å²) >= 11 is 0. The van der Waals surface area contributed by atoms with E-state index in [2.05, 4.69) is 0 Å². The van der Waals surface area contributed by atoms with Crippen molar-refractivity contribution in [3.8, 4) is 0 Å². The van der Waals surface area contributed by atoms with Crippen LogP contribution in [0.2, 0.25) is 0 Å². The number of alkyl halides is 3. The van der Waals surface area contributed by atoms with Crippen molar-refractivity contribution >= 4 is 0 Å². The zero-order chi connectivity index (χ0) is 12.7. The average Bonchev–Trinajstić information content (AvgIpc) is 1.76. The molecule has 4 heteroatoms. The highest BCUT2D eigenvalue weighted by molar-refractivity contribution is 5.03. The van der Waals surface area contributed by atoms with E-state index in [9.17, 15) is 18.3 Å². The summed E-state index contributed by atoms with van der Waals surface area (Å²) in [6.07, 6.45) is -4.42. The van der Waals surface area contributed by atoms with E-state index in [1.807, 2.05) is 0 Å². The van der Waals surface area contributed by atoms with Gasteiger partial charge in [0.15, 0.2) is 0 Å². The van der Waals surface area contributed by atoms with Crippen LogP contribution in [-0.4, -0.2) is 17.9 Å². The fourth-order valence-electron chi connectivity index (χ4n) is 2.54. The van der Waals surface area contributed by atoms with Crippen molar-refractivity contribution in [1.29, 1.82) is 0 Å². The molecule has 0 fully saturated rings. The molecule has 0 saturated heterocycles. The maximum Gasteiger partial charge on any atom is 0.397 e. The largest absolute Gasteiger partial charge is 0.397 e. The van der Waals surface area contributed by atoms with Crippen LogP contribution in [0, 0.1) is 16.2 Å². The van der Waals surface area contributed by atoms with E-state index in [1.165, 1.54) is 41.5 Å². The molecule has 0 aliphatic carbocycles. The van der Waals surface area contributed by atoms with E-state index in [4.69, 9.17) is 0 Å². The van der Waals surface area contributed by atoms with Gasteiger partial charge in [0, 0.05) is 0 Å². The van der Waals surface area contributed by atoms with Crippen molar-refractivity contribution in [2.45, 2.75) is 47.7 Å². The Bertz CT molecular complexity index is 181. The highest BCUT2D eigenvalue weighted by atomic mass is 19.4. The van der Waals surface area contributed by atoms with E-state index < -0.39 is 29.0 Å². The molecule has 0 spiro atoms. The maximum absolute atomic E-state index is 13.2. The molecule has 0 rings (SSSR count). The van der Waals surface area contributed by atoms with Crippen molar-refractivity contribution in [2.24, 2.45) is 16.2 Å². The van der Waals surface area contributed by atoms with Crippen LogP contribution in [0.5, 0.6) is 0 Å². The molecule has 0 aliphatic heterocycles. The van der Waals surface area contributed by atoms with Gasteiger partial charge in [-0.1, -0.05) is 41.5 Å². The SMILES string of the molecule is CC(C)(C)C(CO)(C(C)(C)C)C(F)(F)F. The lowest BCUT2D eigenvalue weighted by atomic mass is 9.54. The number of rotatable bonds is 1. The minimum atomic E-state index is -4.42. The third-order valence-electron chi connectivity index (χ3n) is 3.28.